The Bertz CT molecular complexity index is 1310. The third kappa shape index (κ3) is 4.71. The van der Waals surface area contributed by atoms with Crippen molar-refractivity contribution in [2.24, 2.45) is 0 Å². The van der Waals surface area contributed by atoms with Crippen molar-refractivity contribution in [2.45, 2.75) is 16.7 Å². The summed E-state index contributed by atoms with van der Waals surface area (Å²) in [6, 6.07) is 24.9. The molecule has 5 aromatic rings. The Morgan fingerprint density at radius 3 is 2.53 bits per heavy atom. The van der Waals surface area contributed by atoms with Crippen molar-refractivity contribution in [2.75, 3.05) is 0 Å². The summed E-state index contributed by atoms with van der Waals surface area (Å²) in [6.45, 7) is -0.0755. The van der Waals surface area contributed by atoms with E-state index in [1.807, 2.05) is 60.7 Å². The third-order valence-corrected chi connectivity index (χ3v) is 6.89. The fourth-order valence-corrected chi connectivity index (χ4v) is 5.04. The molecule has 32 heavy (non-hydrogen) atoms. The Kier molecular flexibility index (Phi) is 5.96. The van der Waals surface area contributed by atoms with Crippen LogP contribution in [0.4, 0.5) is 0 Å². The van der Waals surface area contributed by atoms with Crippen LogP contribution in [0.2, 0.25) is 0 Å². The lowest BCUT2D eigenvalue weighted by molar-refractivity contribution is 0.0438. The minimum atomic E-state index is -0.435. The second-order valence-corrected chi connectivity index (χ2v) is 9.13. The van der Waals surface area contributed by atoms with Gasteiger partial charge in [-0.25, -0.2) is 9.78 Å². The standard InChI is InChI=1S/C24H17N3O3S2/c28-23(29-14-21-26-27-22(30-21)17-6-2-1-3-7-17)18-12-10-16(11-13-18)15-31-24-25-19-8-4-5-9-20(19)32-24/h1-13H,14-15H2. The van der Waals surface area contributed by atoms with Gasteiger partial charge in [0.05, 0.1) is 15.8 Å². The van der Waals surface area contributed by atoms with E-state index in [2.05, 4.69) is 21.2 Å². The summed E-state index contributed by atoms with van der Waals surface area (Å²) in [5.41, 5.74) is 3.42. The van der Waals surface area contributed by atoms with E-state index in [1.165, 1.54) is 4.70 Å². The lowest BCUT2D eigenvalue weighted by Gasteiger charge is -2.04. The van der Waals surface area contributed by atoms with Gasteiger partial charge in [-0.2, -0.15) is 0 Å². The normalized spacial score (nSPS) is 11.0. The zero-order valence-corrected chi connectivity index (χ0v) is 18.4. The van der Waals surface area contributed by atoms with E-state index in [-0.39, 0.29) is 12.5 Å². The number of thiazole rings is 1. The monoisotopic (exact) mass is 459 g/mol. The molecular weight excluding hydrogens is 442 g/mol. The van der Waals surface area contributed by atoms with Crippen molar-refractivity contribution in [3.63, 3.8) is 0 Å². The van der Waals surface area contributed by atoms with Crippen LogP contribution in [-0.2, 0) is 17.1 Å². The van der Waals surface area contributed by atoms with Crippen molar-refractivity contribution < 1.29 is 13.9 Å². The molecule has 0 spiro atoms. The van der Waals surface area contributed by atoms with Crippen LogP contribution in [0.25, 0.3) is 21.7 Å². The largest absolute Gasteiger partial charge is 0.452 e. The number of benzene rings is 3. The fraction of sp³-hybridized carbons (Fsp3) is 0.0833. The van der Waals surface area contributed by atoms with Crippen LogP contribution in [0.1, 0.15) is 21.8 Å². The average Bonchev–Trinajstić information content (AvgIpc) is 3.49. The van der Waals surface area contributed by atoms with Gasteiger partial charge in [0.15, 0.2) is 10.9 Å². The molecule has 2 aromatic heterocycles. The van der Waals surface area contributed by atoms with Gasteiger partial charge in [0.2, 0.25) is 5.89 Å². The summed E-state index contributed by atoms with van der Waals surface area (Å²) in [6.07, 6.45) is 0. The molecule has 8 heteroatoms. The number of carbonyl (C=O) groups excluding carboxylic acids is 1. The van der Waals surface area contributed by atoms with E-state index in [1.54, 1.807) is 35.2 Å². The first kappa shape index (κ1) is 20.4. The maximum atomic E-state index is 12.4. The molecule has 0 fully saturated rings. The Hall–Kier alpha value is -3.49. The highest BCUT2D eigenvalue weighted by Gasteiger charge is 2.12. The van der Waals surface area contributed by atoms with Gasteiger partial charge in [0.25, 0.3) is 5.89 Å². The first-order valence-electron chi connectivity index (χ1n) is 9.87. The van der Waals surface area contributed by atoms with E-state index < -0.39 is 5.97 Å². The molecule has 0 radical (unpaired) electrons. The number of ether oxygens (including phenoxy) is 1. The molecule has 0 N–H and O–H groups in total. The van der Waals surface area contributed by atoms with E-state index in [0.717, 1.165) is 26.7 Å². The molecule has 6 nitrogen and oxygen atoms in total. The van der Waals surface area contributed by atoms with Crippen LogP contribution in [0.15, 0.2) is 87.6 Å². The maximum Gasteiger partial charge on any atom is 0.338 e. The van der Waals surface area contributed by atoms with E-state index in [9.17, 15) is 4.79 Å². The molecule has 0 unspecified atom stereocenters. The highest BCUT2D eigenvalue weighted by Crippen LogP contribution is 2.31. The molecule has 0 saturated carbocycles. The highest BCUT2D eigenvalue weighted by molar-refractivity contribution is 8.00. The van der Waals surface area contributed by atoms with Crippen molar-refractivity contribution in [3.05, 3.63) is 95.9 Å². The second-order valence-electron chi connectivity index (χ2n) is 6.88. The Morgan fingerprint density at radius 1 is 0.938 bits per heavy atom. The summed E-state index contributed by atoms with van der Waals surface area (Å²) in [4.78, 5) is 17.0. The molecule has 158 valence electrons. The van der Waals surface area contributed by atoms with Crippen molar-refractivity contribution in [3.8, 4) is 11.5 Å². The number of nitrogens with zero attached hydrogens (tertiary/aromatic N) is 3. The van der Waals surface area contributed by atoms with Crippen LogP contribution in [0, 0.1) is 0 Å². The minimum Gasteiger partial charge on any atom is -0.452 e. The third-order valence-electron chi connectivity index (χ3n) is 4.64. The van der Waals surface area contributed by atoms with Gasteiger partial charge < -0.3 is 9.15 Å². The predicted molar refractivity (Wildman–Crippen MR) is 124 cm³/mol. The van der Waals surface area contributed by atoms with Crippen molar-refractivity contribution in [1.82, 2.24) is 15.2 Å². The molecular formula is C24H17N3O3S2. The summed E-state index contributed by atoms with van der Waals surface area (Å²) >= 11 is 3.37. The van der Waals surface area contributed by atoms with Gasteiger partial charge in [0.1, 0.15) is 0 Å². The summed E-state index contributed by atoms with van der Waals surface area (Å²) in [5.74, 6) is 0.988. The van der Waals surface area contributed by atoms with Crippen LogP contribution >= 0.6 is 23.1 Å². The first-order chi connectivity index (χ1) is 15.7. The van der Waals surface area contributed by atoms with Gasteiger partial charge in [-0.3, -0.25) is 0 Å². The number of hydrogen-bond acceptors (Lipinski definition) is 8. The maximum absolute atomic E-state index is 12.4. The molecule has 0 bridgehead atoms. The number of thioether (sulfide) groups is 1. The Morgan fingerprint density at radius 2 is 1.72 bits per heavy atom. The Balaban J connectivity index is 1.15. The van der Waals surface area contributed by atoms with E-state index in [4.69, 9.17) is 9.15 Å². The zero-order chi connectivity index (χ0) is 21.8. The number of fused-ring (bicyclic) bond motifs is 1. The molecule has 0 saturated heterocycles. The van der Waals surface area contributed by atoms with Crippen LogP contribution < -0.4 is 0 Å². The average molecular weight is 460 g/mol. The van der Waals surface area contributed by atoms with Crippen LogP contribution in [0.5, 0.6) is 0 Å². The molecule has 2 heterocycles. The molecule has 0 aliphatic rings. The topological polar surface area (TPSA) is 78.1 Å². The smallest absolute Gasteiger partial charge is 0.338 e. The number of aromatic nitrogens is 3. The van der Waals surface area contributed by atoms with Crippen molar-refractivity contribution >= 4 is 39.3 Å². The SMILES string of the molecule is O=C(OCc1nnc(-c2ccccc2)o1)c1ccc(CSc2nc3ccccc3s2)cc1. The minimum absolute atomic E-state index is 0.0755. The van der Waals surface area contributed by atoms with Gasteiger partial charge in [-0.05, 0) is 42.0 Å². The number of carbonyl (C=O) groups is 1. The number of para-hydroxylation sites is 1. The molecule has 0 aliphatic carbocycles. The fourth-order valence-electron chi connectivity index (χ4n) is 3.01. The summed E-state index contributed by atoms with van der Waals surface area (Å²) in [7, 11) is 0. The van der Waals surface area contributed by atoms with Crippen LogP contribution in [0.3, 0.4) is 0 Å². The quantitative estimate of drug-likeness (QED) is 0.218. The lowest BCUT2D eigenvalue weighted by atomic mass is 10.1. The lowest BCUT2D eigenvalue weighted by Crippen LogP contribution is -2.05. The van der Waals surface area contributed by atoms with Gasteiger partial charge in [-0.15, -0.1) is 21.5 Å². The van der Waals surface area contributed by atoms with E-state index >= 15 is 0 Å². The molecule has 5 rings (SSSR count). The Labute approximate surface area is 192 Å². The molecule has 3 aromatic carbocycles. The molecule has 0 amide bonds. The van der Waals surface area contributed by atoms with Crippen molar-refractivity contribution in [1.29, 1.82) is 0 Å². The number of rotatable bonds is 7. The summed E-state index contributed by atoms with van der Waals surface area (Å²) in [5, 5.41) is 7.93. The van der Waals surface area contributed by atoms with E-state index in [0.29, 0.717) is 11.5 Å². The molecule has 0 atom stereocenters. The molecule has 0 aliphatic heterocycles. The number of esters is 1. The second kappa shape index (κ2) is 9.33. The van der Waals surface area contributed by atoms with Gasteiger partial charge in [0, 0.05) is 11.3 Å². The van der Waals surface area contributed by atoms with Gasteiger partial charge >= 0.3 is 5.97 Å². The predicted octanol–water partition coefficient (Wildman–Crippen LogP) is 6.00. The first-order valence-corrected chi connectivity index (χ1v) is 11.7. The van der Waals surface area contributed by atoms with Crippen LogP contribution in [-0.4, -0.2) is 21.2 Å². The zero-order valence-electron chi connectivity index (χ0n) is 16.8. The van der Waals surface area contributed by atoms with Gasteiger partial charge in [-0.1, -0.05) is 54.2 Å². The summed E-state index contributed by atoms with van der Waals surface area (Å²) < 4.78 is 13.1. The highest BCUT2D eigenvalue weighted by atomic mass is 32.2. The number of hydrogen-bond donors (Lipinski definition) is 0.